The first-order valence-corrected chi connectivity index (χ1v) is 15.3. The zero-order chi connectivity index (χ0) is 26.5. The standard InChI is InChI=1S/C35H50N2.2CH3.Ni/c1-5-9-13-15-19-29-21-17-23-31(27-29)35-33(25-12-8-4)32(24-11-7-3)34(37(35)36)30-22-16-20-28(26-30)18-14-10-6-2;;;/h16-17,20-23,26-27H,5-15,18-19,24-25H2,1-4H3;2*1H3;/q;2*-1;+2. The van der Waals surface area contributed by atoms with Crippen LogP contribution in [0.25, 0.3) is 16.9 Å². The van der Waals surface area contributed by atoms with Gasteiger partial charge in [-0.05, 0) is 86.8 Å². The molecule has 0 fully saturated rings. The summed E-state index contributed by atoms with van der Waals surface area (Å²) in [7, 11) is 0. The van der Waals surface area contributed by atoms with Crippen molar-refractivity contribution < 1.29 is 21.2 Å². The fraction of sp³-hybridized carbons (Fsp3) is 0.514. The van der Waals surface area contributed by atoms with E-state index in [1.165, 1.54) is 67.2 Å². The van der Waals surface area contributed by atoms with Gasteiger partial charge in [0.25, 0.3) is 0 Å². The quantitative estimate of drug-likeness (QED) is 0.0762. The maximum atomic E-state index is 11.9. The van der Waals surface area contributed by atoms with Gasteiger partial charge in [0.05, 0.1) is 0 Å². The largest absolute Gasteiger partial charge is 2.00 e. The molecule has 3 rings (SSSR count). The summed E-state index contributed by atoms with van der Waals surface area (Å²) in [6.07, 6.45) is 17.7. The second kappa shape index (κ2) is 20.8. The van der Waals surface area contributed by atoms with E-state index in [9.17, 15) is 5.53 Å². The van der Waals surface area contributed by atoms with Gasteiger partial charge in [-0.3, -0.25) is 0 Å². The molecule has 3 heteroatoms. The average molecular weight is 588 g/mol. The molecule has 2 aromatic rings. The summed E-state index contributed by atoms with van der Waals surface area (Å²) in [6, 6.07) is 17.9. The number of hydrogen-bond donors (Lipinski definition) is 0. The molecule has 0 unspecified atom stereocenters. The molecular formula is C37H56N2Ni. The van der Waals surface area contributed by atoms with Crippen molar-refractivity contribution in [1.82, 2.24) is 0 Å². The Hall–Kier alpha value is -1.99. The number of hydrogen-bond acceptors (Lipinski definition) is 0. The first-order chi connectivity index (χ1) is 18.1. The molecule has 0 saturated carbocycles. The van der Waals surface area contributed by atoms with Crippen molar-refractivity contribution in [3.8, 4) is 0 Å². The van der Waals surface area contributed by atoms with Crippen molar-refractivity contribution in [2.24, 2.45) is 0 Å². The van der Waals surface area contributed by atoms with E-state index < -0.39 is 0 Å². The Bertz CT molecular complexity index is 1080. The number of aryl methyl sites for hydroxylation is 2. The normalized spacial score (nSPS) is 12.8. The average Bonchev–Trinajstić information content (AvgIpc) is 3.19. The van der Waals surface area contributed by atoms with E-state index in [0.29, 0.717) is 0 Å². The van der Waals surface area contributed by atoms with Gasteiger partial charge in [-0.15, -0.1) is 0 Å². The minimum absolute atomic E-state index is 0. The monoisotopic (exact) mass is 586 g/mol. The Balaban J connectivity index is 0.00000507. The fourth-order valence-corrected chi connectivity index (χ4v) is 5.58. The molecule has 224 valence electrons. The molecule has 0 saturated heterocycles. The molecule has 0 amide bonds. The minimum atomic E-state index is 0. The molecule has 40 heavy (non-hydrogen) atoms. The first kappa shape index (κ1) is 38.0. The third-order valence-electron chi connectivity index (χ3n) is 7.71. The summed E-state index contributed by atoms with van der Waals surface area (Å²) < 4.78 is 1.55. The van der Waals surface area contributed by atoms with Crippen molar-refractivity contribution in [3.05, 3.63) is 102 Å². The van der Waals surface area contributed by atoms with E-state index >= 15 is 0 Å². The number of nitrogens with zero attached hydrogens (tertiary/aromatic N) is 2. The molecule has 2 aromatic carbocycles. The van der Waals surface area contributed by atoms with Gasteiger partial charge in [-0.1, -0.05) is 96.9 Å². The second-order valence-corrected chi connectivity index (χ2v) is 10.8. The van der Waals surface area contributed by atoms with Gasteiger partial charge in [0, 0.05) is 22.3 Å². The first-order valence-electron chi connectivity index (χ1n) is 15.3. The van der Waals surface area contributed by atoms with Crippen molar-refractivity contribution in [2.45, 2.75) is 124 Å². The Morgan fingerprint density at radius 1 is 0.525 bits per heavy atom. The molecule has 0 aliphatic carbocycles. The molecule has 0 atom stereocenters. The summed E-state index contributed by atoms with van der Waals surface area (Å²) in [5.41, 5.74) is 21.7. The Morgan fingerprint density at radius 2 is 0.925 bits per heavy atom. The number of unbranched alkanes of at least 4 members (excludes halogenated alkanes) is 7. The molecule has 1 heterocycles. The maximum Gasteiger partial charge on any atom is 2.00 e. The van der Waals surface area contributed by atoms with Gasteiger partial charge in [-0.2, -0.15) is 0 Å². The molecule has 0 N–H and O–H groups in total. The van der Waals surface area contributed by atoms with Crippen LogP contribution < -0.4 is 0 Å². The number of rotatable bonds is 17. The second-order valence-electron chi connectivity index (χ2n) is 10.8. The zero-order valence-corrected chi connectivity index (χ0v) is 27.4. The topological polar surface area (TPSA) is 25.3 Å². The van der Waals surface area contributed by atoms with Gasteiger partial charge in [0.2, 0.25) is 11.4 Å². The summed E-state index contributed by atoms with van der Waals surface area (Å²) in [6.45, 7) is 9.05. The summed E-state index contributed by atoms with van der Waals surface area (Å²) in [4.78, 5) is 0. The summed E-state index contributed by atoms with van der Waals surface area (Å²) in [5.74, 6) is 0. The molecule has 0 radical (unpaired) electrons. The zero-order valence-electron chi connectivity index (χ0n) is 26.4. The molecule has 0 aromatic heterocycles. The van der Waals surface area contributed by atoms with Gasteiger partial charge >= 0.3 is 16.5 Å². The van der Waals surface area contributed by atoms with E-state index in [1.54, 1.807) is 4.70 Å². The van der Waals surface area contributed by atoms with E-state index in [0.717, 1.165) is 73.9 Å². The van der Waals surface area contributed by atoms with Crippen LogP contribution in [0.2, 0.25) is 0 Å². The van der Waals surface area contributed by atoms with Crippen molar-refractivity contribution in [1.29, 1.82) is 0 Å². The van der Waals surface area contributed by atoms with Crippen LogP contribution >= 0.6 is 0 Å². The van der Waals surface area contributed by atoms with E-state index in [1.807, 2.05) is 0 Å². The molecular weight excluding hydrogens is 531 g/mol. The smallest absolute Gasteiger partial charge is 0.493 e. The number of allylic oxidation sites excluding steroid dienone is 2. The predicted molar refractivity (Wildman–Crippen MR) is 173 cm³/mol. The molecule has 1 aliphatic rings. The summed E-state index contributed by atoms with van der Waals surface area (Å²) in [5, 5.41) is 0. The fourth-order valence-electron chi connectivity index (χ4n) is 5.58. The van der Waals surface area contributed by atoms with E-state index in [4.69, 9.17) is 0 Å². The van der Waals surface area contributed by atoms with Crippen LogP contribution in [0.1, 0.15) is 133 Å². The van der Waals surface area contributed by atoms with Crippen molar-refractivity contribution in [2.75, 3.05) is 0 Å². The molecule has 0 spiro atoms. The Morgan fingerprint density at radius 3 is 1.35 bits per heavy atom. The van der Waals surface area contributed by atoms with Gasteiger partial charge in [0.1, 0.15) is 0 Å². The van der Waals surface area contributed by atoms with Gasteiger partial charge in [0.15, 0.2) is 0 Å². The molecule has 1 aliphatic heterocycles. The van der Waals surface area contributed by atoms with Gasteiger partial charge in [-0.25, -0.2) is 4.70 Å². The van der Waals surface area contributed by atoms with Crippen LogP contribution in [-0.4, -0.2) is 4.70 Å². The van der Waals surface area contributed by atoms with Crippen LogP contribution in [0.4, 0.5) is 0 Å². The third kappa shape index (κ3) is 10.4. The van der Waals surface area contributed by atoms with E-state index in [2.05, 4.69) is 76.2 Å². The molecule has 0 bridgehead atoms. The van der Waals surface area contributed by atoms with E-state index in [-0.39, 0.29) is 31.3 Å². The Labute approximate surface area is 258 Å². The van der Waals surface area contributed by atoms with Crippen LogP contribution in [0.15, 0.2) is 59.7 Å². The third-order valence-corrected chi connectivity index (χ3v) is 7.71. The van der Waals surface area contributed by atoms with Crippen LogP contribution in [0.3, 0.4) is 0 Å². The minimum Gasteiger partial charge on any atom is -0.493 e. The van der Waals surface area contributed by atoms with Crippen LogP contribution in [0, 0.1) is 14.9 Å². The van der Waals surface area contributed by atoms with Crippen molar-refractivity contribution in [3.63, 3.8) is 0 Å². The van der Waals surface area contributed by atoms with Crippen LogP contribution in [0.5, 0.6) is 0 Å². The summed E-state index contributed by atoms with van der Waals surface area (Å²) >= 11 is 0. The Kier molecular flexibility index (Phi) is 19.8. The molecule has 2 nitrogen and oxygen atoms in total. The maximum absolute atomic E-state index is 11.9. The number of benzene rings is 2. The van der Waals surface area contributed by atoms with Crippen LogP contribution in [-0.2, 0) is 29.3 Å². The SMILES string of the molecule is CCCCCCc1cccc(C2=C(CCCC)C(CCCC)=C(c3cccc(CCCCC)c3)[N+]2=[N-])c1.[CH3-].[CH3-].[Ni+2]. The van der Waals surface area contributed by atoms with Crippen molar-refractivity contribution >= 4 is 11.4 Å². The predicted octanol–water partition coefficient (Wildman–Crippen LogP) is 12.0. The van der Waals surface area contributed by atoms with Gasteiger partial charge < -0.3 is 20.4 Å².